The molecule has 2 aromatic rings. The van der Waals surface area contributed by atoms with Gasteiger partial charge in [0.1, 0.15) is 11.4 Å². The number of likely N-dealkylation sites (N-methyl/N-ethyl adjacent to an activating group) is 1. The van der Waals surface area contributed by atoms with Gasteiger partial charge in [0.25, 0.3) is 5.91 Å². The summed E-state index contributed by atoms with van der Waals surface area (Å²) in [5, 5.41) is 11.4. The fourth-order valence-electron chi connectivity index (χ4n) is 1.97. The van der Waals surface area contributed by atoms with E-state index in [1.165, 1.54) is 4.68 Å². The Kier molecular flexibility index (Phi) is 5.10. The summed E-state index contributed by atoms with van der Waals surface area (Å²) in [5.41, 5.74) is 1.22. The topological polar surface area (TPSA) is 73.1 Å². The van der Waals surface area contributed by atoms with Gasteiger partial charge in [-0.05, 0) is 55.0 Å². The van der Waals surface area contributed by atoms with E-state index in [1.807, 2.05) is 38.1 Å². The van der Waals surface area contributed by atoms with Crippen LogP contribution in [0.4, 0.5) is 0 Å². The third-order valence-corrected chi connectivity index (χ3v) is 3.56. The average Bonchev–Trinajstić information content (AvgIpc) is 2.97. The Labute approximate surface area is 135 Å². The van der Waals surface area contributed by atoms with Crippen LogP contribution < -0.4 is 4.74 Å². The highest BCUT2D eigenvalue weighted by Gasteiger charge is 2.21. The number of methoxy groups -OCH3 is 1. The molecule has 0 N–H and O–H groups in total. The zero-order chi connectivity index (χ0) is 17.0. The van der Waals surface area contributed by atoms with E-state index >= 15 is 0 Å². The fraction of sp³-hybridized carbons (Fsp3) is 0.375. The second-order valence-electron chi connectivity index (χ2n) is 5.45. The molecule has 122 valence electrons. The molecule has 1 aromatic heterocycles. The number of hydrogen-bond acceptors (Lipinski definition) is 5. The highest BCUT2D eigenvalue weighted by molar-refractivity contribution is 6.18. The fourth-order valence-corrected chi connectivity index (χ4v) is 1.97. The van der Waals surface area contributed by atoms with E-state index in [1.54, 1.807) is 32.1 Å². The lowest BCUT2D eigenvalue weighted by molar-refractivity contribution is -0.125. The van der Waals surface area contributed by atoms with E-state index in [4.69, 9.17) is 4.74 Å². The number of nitrogens with zero attached hydrogens (tertiary/aromatic N) is 5. The number of aryl methyl sites for hydroxylation is 1. The molecule has 0 atom stereocenters. The first kappa shape index (κ1) is 16.7. The third-order valence-electron chi connectivity index (χ3n) is 3.56. The lowest BCUT2D eigenvalue weighted by atomic mass is 10.1. The van der Waals surface area contributed by atoms with Crippen molar-refractivity contribution in [2.24, 2.45) is 0 Å². The molecule has 0 unspecified atom stereocenters. The van der Waals surface area contributed by atoms with Crippen molar-refractivity contribution in [3.05, 3.63) is 35.7 Å². The van der Waals surface area contributed by atoms with Crippen molar-refractivity contribution in [1.29, 1.82) is 0 Å². The lowest BCUT2D eigenvalue weighted by Gasteiger charge is -2.22. The molecule has 1 amide bonds. The van der Waals surface area contributed by atoms with Gasteiger partial charge in [0.2, 0.25) is 0 Å². The summed E-state index contributed by atoms with van der Waals surface area (Å²) >= 11 is 0. The summed E-state index contributed by atoms with van der Waals surface area (Å²) < 4.78 is 6.67. The Morgan fingerprint density at radius 3 is 2.70 bits per heavy atom. The minimum Gasteiger partial charge on any atom is -0.497 e. The predicted octanol–water partition coefficient (Wildman–Crippen LogP) is 1.86. The van der Waals surface area contributed by atoms with Crippen LogP contribution in [0.25, 0.3) is 11.8 Å². The summed E-state index contributed by atoms with van der Waals surface area (Å²) in [6.07, 6.45) is 1.76. The maximum Gasteiger partial charge on any atom is 0.272 e. The number of aromatic nitrogens is 4. The van der Waals surface area contributed by atoms with Crippen molar-refractivity contribution in [2.45, 2.75) is 26.8 Å². The Bertz CT molecular complexity index is 721. The van der Waals surface area contributed by atoms with E-state index in [-0.39, 0.29) is 11.9 Å². The summed E-state index contributed by atoms with van der Waals surface area (Å²) in [5.74, 6) is 1.11. The van der Waals surface area contributed by atoms with Crippen LogP contribution in [-0.2, 0) is 4.79 Å². The zero-order valence-electron chi connectivity index (χ0n) is 14.0. The molecule has 0 saturated heterocycles. The molecule has 0 radical (unpaired) electrons. The van der Waals surface area contributed by atoms with Crippen molar-refractivity contribution >= 4 is 17.7 Å². The third kappa shape index (κ3) is 3.74. The SMILES string of the molecule is COc1cccc(/C=C(/C(=O)N(C)C(C)C)n2nnnc2C)c1. The molecule has 0 spiro atoms. The molecule has 7 heteroatoms. The molecule has 0 fully saturated rings. The molecule has 23 heavy (non-hydrogen) atoms. The molecule has 0 aliphatic rings. The van der Waals surface area contributed by atoms with Gasteiger partial charge >= 0.3 is 0 Å². The van der Waals surface area contributed by atoms with Gasteiger partial charge in [-0.1, -0.05) is 12.1 Å². The van der Waals surface area contributed by atoms with E-state index in [0.29, 0.717) is 11.5 Å². The molecular weight excluding hydrogens is 294 g/mol. The van der Waals surface area contributed by atoms with Crippen LogP contribution in [0.3, 0.4) is 0 Å². The van der Waals surface area contributed by atoms with E-state index in [2.05, 4.69) is 15.5 Å². The molecule has 0 saturated carbocycles. The molecular formula is C16H21N5O2. The van der Waals surface area contributed by atoms with E-state index in [9.17, 15) is 4.79 Å². The monoisotopic (exact) mass is 315 g/mol. The quantitative estimate of drug-likeness (QED) is 0.787. The molecule has 0 aliphatic carbocycles. The first-order chi connectivity index (χ1) is 10.9. The van der Waals surface area contributed by atoms with Crippen LogP contribution >= 0.6 is 0 Å². The molecule has 1 aromatic carbocycles. The van der Waals surface area contributed by atoms with Crippen molar-refractivity contribution in [3.8, 4) is 5.75 Å². The van der Waals surface area contributed by atoms with Crippen molar-refractivity contribution in [2.75, 3.05) is 14.2 Å². The molecule has 7 nitrogen and oxygen atoms in total. The van der Waals surface area contributed by atoms with Crippen molar-refractivity contribution < 1.29 is 9.53 Å². The number of ether oxygens (including phenoxy) is 1. The molecule has 0 bridgehead atoms. The maximum atomic E-state index is 12.8. The van der Waals surface area contributed by atoms with E-state index < -0.39 is 0 Å². The summed E-state index contributed by atoms with van der Waals surface area (Å²) in [6.45, 7) is 5.66. The maximum absolute atomic E-state index is 12.8. The minimum atomic E-state index is -0.154. The number of carbonyl (C=O) groups excluding carboxylic acids is 1. The highest BCUT2D eigenvalue weighted by atomic mass is 16.5. The van der Waals surface area contributed by atoms with Gasteiger partial charge in [-0.3, -0.25) is 4.79 Å². The standard InChI is InChI=1S/C16H21N5O2/c1-11(2)20(4)16(22)15(21-12(3)17-18-19-21)10-13-7-6-8-14(9-13)23-5/h6-11H,1-5H3/b15-10-. The second-order valence-corrected chi connectivity index (χ2v) is 5.45. The average molecular weight is 315 g/mol. The Morgan fingerprint density at radius 1 is 1.39 bits per heavy atom. The normalized spacial score (nSPS) is 11.7. The number of tetrazole rings is 1. The first-order valence-electron chi connectivity index (χ1n) is 7.32. The molecule has 1 heterocycles. The van der Waals surface area contributed by atoms with Gasteiger partial charge in [-0.15, -0.1) is 5.10 Å². The number of carbonyl (C=O) groups is 1. The number of benzene rings is 1. The predicted molar refractivity (Wildman–Crippen MR) is 87.6 cm³/mol. The smallest absolute Gasteiger partial charge is 0.272 e. The van der Waals surface area contributed by atoms with Crippen LogP contribution in [-0.4, -0.2) is 51.2 Å². The molecule has 0 aliphatic heterocycles. The Hall–Kier alpha value is -2.70. The van der Waals surface area contributed by atoms with Crippen LogP contribution in [0.1, 0.15) is 25.2 Å². The van der Waals surface area contributed by atoms with Crippen LogP contribution in [0.15, 0.2) is 24.3 Å². The van der Waals surface area contributed by atoms with Gasteiger partial charge in [0, 0.05) is 13.1 Å². The van der Waals surface area contributed by atoms with Gasteiger partial charge in [-0.25, -0.2) is 0 Å². The van der Waals surface area contributed by atoms with Crippen molar-refractivity contribution in [1.82, 2.24) is 25.1 Å². The first-order valence-corrected chi connectivity index (χ1v) is 7.32. The lowest BCUT2D eigenvalue weighted by Crippen LogP contribution is -2.35. The van der Waals surface area contributed by atoms with Crippen LogP contribution in [0.5, 0.6) is 5.75 Å². The number of amides is 1. The van der Waals surface area contributed by atoms with Gasteiger partial charge < -0.3 is 9.64 Å². The van der Waals surface area contributed by atoms with E-state index in [0.717, 1.165) is 11.3 Å². The number of rotatable bonds is 5. The highest BCUT2D eigenvalue weighted by Crippen LogP contribution is 2.19. The molecule has 2 rings (SSSR count). The Morgan fingerprint density at radius 2 is 2.13 bits per heavy atom. The van der Waals surface area contributed by atoms with Gasteiger partial charge in [-0.2, -0.15) is 4.68 Å². The van der Waals surface area contributed by atoms with Gasteiger partial charge in [0.05, 0.1) is 7.11 Å². The summed E-state index contributed by atoms with van der Waals surface area (Å²) in [4.78, 5) is 14.5. The second kappa shape index (κ2) is 7.04. The van der Waals surface area contributed by atoms with Crippen LogP contribution in [0.2, 0.25) is 0 Å². The Balaban J connectivity index is 2.51. The van der Waals surface area contributed by atoms with Gasteiger partial charge in [0.15, 0.2) is 5.82 Å². The van der Waals surface area contributed by atoms with Crippen LogP contribution in [0, 0.1) is 6.92 Å². The largest absolute Gasteiger partial charge is 0.497 e. The summed E-state index contributed by atoms with van der Waals surface area (Å²) in [6, 6.07) is 7.52. The summed E-state index contributed by atoms with van der Waals surface area (Å²) in [7, 11) is 3.36. The van der Waals surface area contributed by atoms with Crippen molar-refractivity contribution in [3.63, 3.8) is 0 Å². The minimum absolute atomic E-state index is 0.0630. The zero-order valence-corrected chi connectivity index (χ0v) is 14.0. The number of hydrogen-bond donors (Lipinski definition) is 0.